The lowest BCUT2D eigenvalue weighted by molar-refractivity contribution is -0.137. The minimum absolute atomic E-state index is 0.123. The highest BCUT2D eigenvalue weighted by molar-refractivity contribution is 6.55. The van der Waals surface area contributed by atoms with E-state index in [1.807, 2.05) is 6.07 Å². The summed E-state index contributed by atoms with van der Waals surface area (Å²) in [6.07, 6.45) is 0.0863. The summed E-state index contributed by atoms with van der Waals surface area (Å²) >= 11 is 18.0. The number of halogens is 6. The Bertz CT molecular complexity index is 1130. The summed E-state index contributed by atoms with van der Waals surface area (Å²) in [5.41, 5.74) is 0.480. The average molecular weight is 537 g/mol. The molecule has 0 unspecified atom stereocenters. The summed E-state index contributed by atoms with van der Waals surface area (Å²) < 4.78 is 53.9. The number of methoxy groups -OCH3 is 1. The van der Waals surface area contributed by atoms with E-state index >= 15 is 0 Å². The van der Waals surface area contributed by atoms with Crippen LogP contribution in [0.25, 0.3) is 11.5 Å². The van der Waals surface area contributed by atoms with Crippen LogP contribution >= 0.6 is 34.8 Å². The molecule has 0 N–H and O–H groups in total. The number of aromatic nitrogens is 3. The van der Waals surface area contributed by atoms with Crippen LogP contribution < -0.4 is 9.47 Å². The number of nitrogens with zero attached hydrogens (tertiary/aromatic N) is 3. The highest BCUT2D eigenvalue weighted by Crippen LogP contribution is 2.38. The highest BCUT2D eigenvalue weighted by Gasteiger charge is 2.30. The van der Waals surface area contributed by atoms with Gasteiger partial charge in [-0.2, -0.15) is 18.2 Å². The Labute approximate surface area is 208 Å². The first-order valence-electron chi connectivity index (χ1n) is 10.0. The van der Waals surface area contributed by atoms with Gasteiger partial charge in [0.15, 0.2) is 5.82 Å². The van der Waals surface area contributed by atoms with Gasteiger partial charge in [0.1, 0.15) is 10.2 Å². The first-order chi connectivity index (χ1) is 16.2. The summed E-state index contributed by atoms with van der Waals surface area (Å²) in [5, 5.41) is 4.33. The largest absolute Gasteiger partial charge is 0.495 e. The highest BCUT2D eigenvalue weighted by atomic mass is 35.5. The molecule has 3 rings (SSSR count). The van der Waals surface area contributed by atoms with Gasteiger partial charge in [0, 0.05) is 18.7 Å². The predicted octanol–water partition coefficient (Wildman–Crippen LogP) is 7.08. The van der Waals surface area contributed by atoms with E-state index in [1.165, 1.54) is 13.2 Å². The number of aryl methyl sites for hydroxylation is 1. The van der Waals surface area contributed by atoms with Crippen molar-refractivity contribution < 1.29 is 27.2 Å². The molecule has 0 aliphatic rings. The van der Waals surface area contributed by atoms with Crippen molar-refractivity contribution in [2.75, 3.05) is 13.7 Å². The van der Waals surface area contributed by atoms with Gasteiger partial charge in [-0.3, -0.25) is 0 Å². The molecule has 2 heterocycles. The second-order valence-corrected chi connectivity index (χ2v) is 8.40. The number of pyridine rings is 1. The maximum Gasteiger partial charge on any atom is 0.417 e. The Kier molecular flexibility index (Phi) is 9.04. The number of hydrogen-bond acceptors (Lipinski definition) is 6. The molecule has 0 saturated heterocycles. The van der Waals surface area contributed by atoms with Gasteiger partial charge >= 0.3 is 6.18 Å². The molecule has 1 aromatic carbocycles. The topological polar surface area (TPSA) is 70.3 Å². The quantitative estimate of drug-likeness (QED) is 0.258. The van der Waals surface area contributed by atoms with E-state index < -0.39 is 11.7 Å². The third-order valence-electron chi connectivity index (χ3n) is 4.68. The fraction of sp³-hybridized carbons (Fsp3) is 0.318. The zero-order valence-corrected chi connectivity index (χ0v) is 20.1. The third-order valence-corrected chi connectivity index (χ3v) is 5.36. The van der Waals surface area contributed by atoms with Crippen LogP contribution in [0.15, 0.2) is 45.6 Å². The molecule has 0 amide bonds. The molecule has 0 atom stereocenters. The summed E-state index contributed by atoms with van der Waals surface area (Å²) in [6.45, 7) is 0.278. The summed E-state index contributed by atoms with van der Waals surface area (Å²) in [4.78, 5) is 8.10. The number of hydrogen-bond donors (Lipinski definition) is 0. The second-order valence-electron chi connectivity index (χ2n) is 7.02. The molecule has 0 spiro atoms. The van der Waals surface area contributed by atoms with Crippen LogP contribution in [-0.4, -0.2) is 28.8 Å². The van der Waals surface area contributed by atoms with Crippen LogP contribution in [0, 0.1) is 0 Å². The number of rotatable bonds is 10. The molecule has 0 bridgehead atoms. The van der Waals surface area contributed by atoms with Gasteiger partial charge in [-0.15, -0.1) is 0 Å². The van der Waals surface area contributed by atoms with Gasteiger partial charge < -0.3 is 14.0 Å². The van der Waals surface area contributed by atoms with E-state index in [-0.39, 0.29) is 22.9 Å². The SMILES string of the molecule is COc1ccc(CC=C(Cl)Cl)c(-c2nc(CCCCOc3ccc(C(F)(F)F)cn3)no2)c1Cl. The molecule has 34 heavy (non-hydrogen) atoms. The van der Waals surface area contributed by atoms with E-state index in [2.05, 4.69) is 15.1 Å². The molecule has 182 valence electrons. The minimum atomic E-state index is -4.43. The normalized spacial score (nSPS) is 11.4. The second kappa shape index (κ2) is 11.8. The monoisotopic (exact) mass is 535 g/mol. The van der Waals surface area contributed by atoms with Crippen molar-refractivity contribution in [2.24, 2.45) is 0 Å². The van der Waals surface area contributed by atoms with Crippen LogP contribution in [-0.2, 0) is 19.0 Å². The van der Waals surface area contributed by atoms with Crippen molar-refractivity contribution >= 4 is 34.8 Å². The Morgan fingerprint density at radius 3 is 2.59 bits per heavy atom. The van der Waals surface area contributed by atoms with E-state index in [0.717, 1.165) is 17.8 Å². The lowest BCUT2D eigenvalue weighted by atomic mass is 10.0. The summed E-state index contributed by atoms with van der Waals surface area (Å²) in [7, 11) is 1.50. The van der Waals surface area contributed by atoms with Crippen LogP contribution in [0.2, 0.25) is 5.02 Å². The third kappa shape index (κ3) is 7.01. The van der Waals surface area contributed by atoms with Gasteiger partial charge in [-0.05, 0) is 43.0 Å². The fourth-order valence-electron chi connectivity index (χ4n) is 3.00. The molecular weight excluding hydrogens is 518 g/mol. The molecule has 0 fully saturated rings. The van der Waals surface area contributed by atoms with E-state index in [0.29, 0.717) is 47.8 Å². The maximum atomic E-state index is 12.6. The average Bonchev–Trinajstić information content (AvgIpc) is 3.25. The predicted molar refractivity (Wildman–Crippen MR) is 122 cm³/mol. The van der Waals surface area contributed by atoms with Crippen LogP contribution in [0.5, 0.6) is 11.6 Å². The Morgan fingerprint density at radius 1 is 1.15 bits per heavy atom. The van der Waals surface area contributed by atoms with Gasteiger partial charge in [-0.1, -0.05) is 46.0 Å². The molecule has 3 aromatic rings. The zero-order valence-electron chi connectivity index (χ0n) is 17.8. The first-order valence-corrected chi connectivity index (χ1v) is 11.2. The Hall–Kier alpha value is -2.49. The maximum absolute atomic E-state index is 12.6. The smallest absolute Gasteiger partial charge is 0.417 e. The van der Waals surface area contributed by atoms with Crippen LogP contribution in [0.4, 0.5) is 13.2 Å². The van der Waals surface area contributed by atoms with Crippen molar-refractivity contribution in [1.82, 2.24) is 15.1 Å². The number of ether oxygens (including phenoxy) is 2. The lowest BCUT2D eigenvalue weighted by Gasteiger charge is -2.10. The Balaban J connectivity index is 1.58. The number of alkyl halides is 3. The molecular formula is C22H19Cl3F3N3O3. The van der Waals surface area contributed by atoms with E-state index in [4.69, 9.17) is 48.8 Å². The van der Waals surface area contributed by atoms with Crippen molar-refractivity contribution in [3.8, 4) is 23.1 Å². The van der Waals surface area contributed by atoms with Crippen LogP contribution in [0.3, 0.4) is 0 Å². The molecule has 0 aliphatic carbocycles. The molecule has 12 heteroatoms. The van der Waals surface area contributed by atoms with Crippen molar-refractivity contribution in [3.63, 3.8) is 0 Å². The molecule has 2 aromatic heterocycles. The van der Waals surface area contributed by atoms with Crippen LogP contribution in [0.1, 0.15) is 29.8 Å². The van der Waals surface area contributed by atoms with Gasteiger partial charge in [0.25, 0.3) is 5.89 Å². The number of benzene rings is 1. The molecule has 0 aliphatic heterocycles. The zero-order chi connectivity index (χ0) is 24.7. The number of allylic oxidation sites excluding steroid dienone is 1. The fourth-order valence-corrected chi connectivity index (χ4v) is 3.49. The molecule has 0 saturated carbocycles. The minimum Gasteiger partial charge on any atom is -0.495 e. The van der Waals surface area contributed by atoms with Gasteiger partial charge in [0.2, 0.25) is 5.88 Å². The van der Waals surface area contributed by atoms with Crippen molar-refractivity contribution in [2.45, 2.75) is 31.9 Å². The van der Waals surface area contributed by atoms with Crippen molar-refractivity contribution in [1.29, 1.82) is 0 Å². The van der Waals surface area contributed by atoms with Gasteiger partial charge in [-0.25, -0.2) is 4.98 Å². The van der Waals surface area contributed by atoms with Gasteiger partial charge in [0.05, 0.1) is 29.9 Å². The molecule has 6 nitrogen and oxygen atoms in total. The lowest BCUT2D eigenvalue weighted by Crippen LogP contribution is -2.06. The van der Waals surface area contributed by atoms with Crippen molar-refractivity contribution in [3.05, 3.63) is 63.0 Å². The van der Waals surface area contributed by atoms with E-state index in [1.54, 1.807) is 12.1 Å². The molecule has 0 radical (unpaired) electrons. The summed E-state index contributed by atoms with van der Waals surface area (Å²) in [6, 6.07) is 5.65. The number of unbranched alkanes of at least 4 members (excludes halogenated alkanes) is 1. The summed E-state index contributed by atoms with van der Waals surface area (Å²) in [5.74, 6) is 1.29. The first kappa shape index (κ1) is 26.1. The van der Waals surface area contributed by atoms with E-state index in [9.17, 15) is 13.2 Å². The Morgan fingerprint density at radius 2 is 1.94 bits per heavy atom. The standard InChI is InChI=1S/C22H19Cl3F3N3O3/c1-32-15-8-5-13(6-9-16(23)24)19(20(15)25)21-30-17(31-34-21)4-2-3-11-33-18-10-7-14(12-29-18)22(26,27)28/h5,7-10,12H,2-4,6,11H2,1H3.